The largest absolute Gasteiger partial charge is 0.465 e. The number of ether oxygens (including phenoxy) is 1. The standard InChI is InChI=1S/C13H18N4O2/c1-9(2)17(8-4-6-14)12-11(15)10(5-7-16-12)13(18)19-3/h5,7,9H,4,8,15H2,1-3H3. The first kappa shape index (κ1) is 14.8. The molecule has 6 heteroatoms. The van der Waals surface area contributed by atoms with E-state index in [0.29, 0.717) is 18.8 Å². The molecule has 0 aliphatic carbocycles. The minimum absolute atomic E-state index is 0.121. The zero-order valence-corrected chi connectivity index (χ0v) is 11.4. The minimum Gasteiger partial charge on any atom is -0.465 e. The van der Waals surface area contributed by atoms with Gasteiger partial charge in [0, 0.05) is 18.8 Å². The molecular weight excluding hydrogens is 244 g/mol. The Bertz CT molecular complexity index is 494. The zero-order valence-electron chi connectivity index (χ0n) is 11.4. The number of nitrogens with two attached hydrogens (primary N) is 1. The molecule has 1 aromatic heterocycles. The van der Waals surface area contributed by atoms with Crippen LogP contribution in [-0.4, -0.2) is 30.6 Å². The van der Waals surface area contributed by atoms with Crippen LogP contribution in [0.1, 0.15) is 30.6 Å². The Labute approximate surface area is 112 Å². The molecule has 0 aliphatic rings. The molecule has 0 unspecified atom stereocenters. The van der Waals surface area contributed by atoms with Gasteiger partial charge in [0.2, 0.25) is 0 Å². The molecule has 0 saturated heterocycles. The quantitative estimate of drug-likeness (QED) is 0.810. The van der Waals surface area contributed by atoms with Crippen molar-refractivity contribution in [2.45, 2.75) is 26.3 Å². The number of anilines is 2. The van der Waals surface area contributed by atoms with E-state index in [1.807, 2.05) is 18.7 Å². The smallest absolute Gasteiger partial charge is 0.340 e. The van der Waals surface area contributed by atoms with Crippen molar-refractivity contribution in [1.82, 2.24) is 4.98 Å². The van der Waals surface area contributed by atoms with Crippen molar-refractivity contribution in [1.29, 1.82) is 5.26 Å². The number of nitriles is 1. The summed E-state index contributed by atoms with van der Waals surface area (Å²) in [6.07, 6.45) is 1.88. The van der Waals surface area contributed by atoms with Gasteiger partial charge in [-0.1, -0.05) is 0 Å². The first-order valence-electron chi connectivity index (χ1n) is 5.99. The number of hydrogen-bond acceptors (Lipinski definition) is 6. The van der Waals surface area contributed by atoms with E-state index in [9.17, 15) is 4.79 Å². The molecule has 6 nitrogen and oxygen atoms in total. The van der Waals surface area contributed by atoms with Gasteiger partial charge in [-0.2, -0.15) is 5.26 Å². The maximum atomic E-state index is 11.6. The minimum atomic E-state index is -0.495. The van der Waals surface area contributed by atoms with Crippen molar-refractivity contribution < 1.29 is 9.53 Å². The predicted octanol–water partition coefficient (Wildman–Crippen LogP) is 1.58. The third-order valence-corrected chi connectivity index (χ3v) is 2.73. The number of methoxy groups -OCH3 is 1. The van der Waals surface area contributed by atoms with E-state index in [1.54, 1.807) is 0 Å². The van der Waals surface area contributed by atoms with Crippen LogP contribution < -0.4 is 10.6 Å². The first-order chi connectivity index (χ1) is 9.02. The summed E-state index contributed by atoms with van der Waals surface area (Å²) < 4.78 is 4.68. The molecule has 0 fully saturated rings. The van der Waals surface area contributed by atoms with Gasteiger partial charge >= 0.3 is 5.97 Å². The summed E-state index contributed by atoms with van der Waals surface area (Å²) in [4.78, 5) is 17.7. The van der Waals surface area contributed by atoms with E-state index in [2.05, 4.69) is 15.8 Å². The highest BCUT2D eigenvalue weighted by atomic mass is 16.5. The number of carbonyl (C=O) groups is 1. The van der Waals surface area contributed by atoms with Crippen molar-refractivity contribution >= 4 is 17.5 Å². The van der Waals surface area contributed by atoms with Crippen LogP contribution in [0.2, 0.25) is 0 Å². The molecule has 1 heterocycles. The van der Waals surface area contributed by atoms with Gasteiger partial charge in [0.15, 0.2) is 5.82 Å². The monoisotopic (exact) mass is 262 g/mol. The number of pyridine rings is 1. The average molecular weight is 262 g/mol. The second kappa shape index (κ2) is 6.59. The fraction of sp³-hybridized carbons (Fsp3) is 0.462. The number of nitrogens with zero attached hydrogens (tertiary/aromatic N) is 3. The van der Waals surface area contributed by atoms with E-state index >= 15 is 0 Å². The molecule has 0 atom stereocenters. The molecular formula is C13H18N4O2. The van der Waals surface area contributed by atoms with Gasteiger partial charge in [0.05, 0.1) is 30.9 Å². The molecule has 102 valence electrons. The van der Waals surface area contributed by atoms with Crippen LogP contribution >= 0.6 is 0 Å². The van der Waals surface area contributed by atoms with E-state index in [0.717, 1.165) is 0 Å². The van der Waals surface area contributed by atoms with Crippen molar-refractivity contribution in [3.8, 4) is 6.07 Å². The van der Waals surface area contributed by atoms with Crippen LogP contribution in [0.3, 0.4) is 0 Å². The summed E-state index contributed by atoms with van der Waals surface area (Å²) in [5, 5.41) is 8.69. The van der Waals surface area contributed by atoms with Crippen LogP contribution in [0.15, 0.2) is 12.3 Å². The maximum absolute atomic E-state index is 11.6. The summed E-state index contributed by atoms with van der Waals surface area (Å²) >= 11 is 0. The van der Waals surface area contributed by atoms with E-state index < -0.39 is 5.97 Å². The summed E-state index contributed by atoms with van der Waals surface area (Å²) in [6.45, 7) is 4.46. The number of esters is 1. The molecule has 0 saturated carbocycles. The van der Waals surface area contributed by atoms with Crippen LogP contribution in [0.25, 0.3) is 0 Å². The Morgan fingerprint density at radius 2 is 2.32 bits per heavy atom. The fourth-order valence-corrected chi connectivity index (χ4v) is 1.76. The van der Waals surface area contributed by atoms with Crippen molar-refractivity contribution in [2.75, 3.05) is 24.3 Å². The Hall–Kier alpha value is -2.29. The van der Waals surface area contributed by atoms with Crippen LogP contribution in [0.4, 0.5) is 11.5 Å². The van der Waals surface area contributed by atoms with E-state index in [1.165, 1.54) is 19.4 Å². The number of hydrogen-bond donors (Lipinski definition) is 1. The van der Waals surface area contributed by atoms with Gasteiger partial charge in [0.1, 0.15) is 0 Å². The van der Waals surface area contributed by atoms with E-state index in [4.69, 9.17) is 11.0 Å². The summed E-state index contributed by atoms with van der Waals surface area (Å²) in [5.74, 6) is 0.0123. The van der Waals surface area contributed by atoms with Crippen molar-refractivity contribution in [3.63, 3.8) is 0 Å². The molecule has 1 aromatic rings. The average Bonchev–Trinajstić information content (AvgIpc) is 2.39. The van der Waals surface area contributed by atoms with Gasteiger partial charge in [-0.05, 0) is 19.9 Å². The summed E-state index contributed by atoms with van der Waals surface area (Å²) in [7, 11) is 1.30. The van der Waals surface area contributed by atoms with E-state index in [-0.39, 0.29) is 17.3 Å². The first-order valence-corrected chi connectivity index (χ1v) is 5.99. The highest BCUT2D eigenvalue weighted by molar-refractivity contribution is 5.97. The number of carbonyl (C=O) groups excluding carboxylic acids is 1. The zero-order chi connectivity index (χ0) is 14.4. The van der Waals surface area contributed by atoms with Crippen molar-refractivity contribution in [3.05, 3.63) is 17.8 Å². The Balaban J connectivity index is 3.17. The third-order valence-electron chi connectivity index (χ3n) is 2.73. The SMILES string of the molecule is COC(=O)c1ccnc(N(CCC#N)C(C)C)c1N. The third kappa shape index (κ3) is 3.35. The molecule has 19 heavy (non-hydrogen) atoms. The Morgan fingerprint density at radius 3 is 2.84 bits per heavy atom. The number of nitrogen functional groups attached to an aromatic ring is 1. The summed E-state index contributed by atoms with van der Waals surface area (Å²) in [6, 6.07) is 3.73. The normalized spacial score (nSPS) is 10.1. The lowest BCUT2D eigenvalue weighted by Gasteiger charge is -2.28. The molecule has 0 bridgehead atoms. The molecule has 0 radical (unpaired) electrons. The summed E-state index contributed by atoms with van der Waals surface area (Å²) in [5.41, 5.74) is 6.55. The molecule has 0 spiro atoms. The van der Waals surface area contributed by atoms with Crippen LogP contribution in [-0.2, 0) is 4.74 Å². The lowest BCUT2D eigenvalue weighted by Crippen LogP contribution is -2.33. The highest BCUT2D eigenvalue weighted by Crippen LogP contribution is 2.26. The van der Waals surface area contributed by atoms with Gasteiger partial charge in [-0.25, -0.2) is 9.78 Å². The highest BCUT2D eigenvalue weighted by Gasteiger charge is 2.19. The molecule has 0 aliphatic heterocycles. The van der Waals surface area contributed by atoms with Crippen LogP contribution in [0, 0.1) is 11.3 Å². The molecule has 2 N–H and O–H groups in total. The topological polar surface area (TPSA) is 92.2 Å². The second-order valence-corrected chi connectivity index (χ2v) is 4.28. The lowest BCUT2D eigenvalue weighted by molar-refractivity contribution is 0.0602. The number of rotatable bonds is 5. The van der Waals surface area contributed by atoms with Gasteiger partial charge in [-0.15, -0.1) is 0 Å². The Morgan fingerprint density at radius 1 is 1.63 bits per heavy atom. The predicted molar refractivity (Wildman–Crippen MR) is 72.7 cm³/mol. The number of aromatic nitrogens is 1. The van der Waals surface area contributed by atoms with Gasteiger partial charge < -0.3 is 15.4 Å². The molecule has 1 rings (SSSR count). The van der Waals surface area contributed by atoms with Gasteiger partial charge in [-0.3, -0.25) is 0 Å². The lowest BCUT2D eigenvalue weighted by atomic mass is 10.2. The molecule has 0 amide bonds. The Kier molecular flexibility index (Phi) is 5.12. The van der Waals surface area contributed by atoms with Crippen molar-refractivity contribution in [2.24, 2.45) is 0 Å². The maximum Gasteiger partial charge on any atom is 0.340 e. The van der Waals surface area contributed by atoms with Crippen LogP contribution in [0.5, 0.6) is 0 Å². The van der Waals surface area contributed by atoms with Gasteiger partial charge in [0.25, 0.3) is 0 Å². The molecule has 0 aromatic carbocycles. The fourth-order valence-electron chi connectivity index (χ4n) is 1.76. The second-order valence-electron chi connectivity index (χ2n) is 4.28.